The molecule has 0 radical (unpaired) electrons. The van der Waals surface area contributed by atoms with Crippen molar-refractivity contribution in [3.63, 3.8) is 0 Å². The molecule has 1 aliphatic heterocycles. The first kappa shape index (κ1) is 22.1. The lowest BCUT2D eigenvalue weighted by atomic mass is 10.1. The lowest BCUT2D eigenvalue weighted by Gasteiger charge is -2.12. The Bertz CT molecular complexity index is 1140. The minimum absolute atomic E-state index is 0.0883. The molecule has 0 unspecified atom stereocenters. The number of para-hydroxylation sites is 2. The fourth-order valence-corrected chi connectivity index (χ4v) is 3.48. The topological polar surface area (TPSA) is 80.2 Å². The Morgan fingerprint density at radius 1 is 0.909 bits per heavy atom. The second kappa shape index (κ2) is 10.5. The Hall–Kier alpha value is -4.13. The van der Waals surface area contributed by atoms with E-state index in [9.17, 15) is 9.59 Å². The molecule has 0 atom stereocenters. The highest BCUT2D eigenvalue weighted by Gasteiger charge is 2.21. The van der Waals surface area contributed by atoms with Crippen molar-refractivity contribution in [1.29, 1.82) is 0 Å². The van der Waals surface area contributed by atoms with E-state index in [1.54, 1.807) is 31.4 Å². The molecule has 1 N–H and O–H groups in total. The van der Waals surface area contributed by atoms with E-state index in [1.807, 2.05) is 54.6 Å². The summed E-state index contributed by atoms with van der Waals surface area (Å²) in [5, 5.41) is 8.69. The highest BCUT2D eigenvalue weighted by molar-refractivity contribution is 6.02. The Morgan fingerprint density at radius 3 is 2.33 bits per heavy atom. The maximum Gasteiger partial charge on any atom is 0.243 e. The molecule has 7 nitrogen and oxygen atoms in total. The normalized spacial score (nSPS) is 12.8. The number of carbonyl (C=O) groups is 2. The van der Waals surface area contributed by atoms with Gasteiger partial charge in [0, 0.05) is 24.9 Å². The van der Waals surface area contributed by atoms with Crippen molar-refractivity contribution in [1.82, 2.24) is 5.01 Å². The molecular formula is C26H25N3O4. The second-order valence-electron chi connectivity index (χ2n) is 7.51. The molecule has 7 heteroatoms. The number of nitrogens with one attached hydrogen (secondary N) is 1. The molecule has 0 aliphatic carbocycles. The fourth-order valence-electron chi connectivity index (χ4n) is 3.48. The summed E-state index contributed by atoms with van der Waals surface area (Å²) in [6.07, 6.45) is 0.905. The van der Waals surface area contributed by atoms with Crippen molar-refractivity contribution in [2.75, 3.05) is 19.0 Å². The number of anilines is 1. The molecule has 0 bridgehead atoms. The van der Waals surface area contributed by atoms with Crippen LogP contribution in [-0.2, 0) is 9.59 Å². The number of carbonyl (C=O) groups excluding carboxylic acids is 2. The highest BCUT2D eigenvalue weighted by Crippen LogP contribution is 2.31. The summed E-state index contributed by atoms with van der Waals surface area (Å²) in [7, 11) is 1.59. The first-order valence-corrected chi connectivity index (χ1v) is 10.8. The molecule has 4 rings (SSSR count). The van der Waals surface area contributed by atoms with Crippen LogP contribution in [0.3, 0.4) is 0 Å². The van der Waals surface area contributed by atoms with Gasteiger partial charge in [-0.15, -0.1) is 0 Å². The van der Waals surface area contributed by atoms with Gasteiger partial charge in [-0.1, -0.05) is 42.5 Å². The number of hydrazone groups is 1. The zero-order valence-corrected chi connectivity index (χ0v) is 18.4. The van der Waals surface area contributed by atoms with E-state index in [0.717, 1.165) is 11.3 Å². The third-order valence-corrected chi connectivity index (χ3v) is 5.20. The van der Waals surface area contributed by atoms with E-state index in [2.05, 4.69) is 10.4 Å². The number of rotatable bonds is 8. The van der Waals surface area contributed by atoms with Gasteiger partial charge in [0.1, 0.15) is 5.75 Å². The number of amides is 2. The van der Waals surface area contributed by atoms with E-state index in [-0.39, 0.29) is 24.7 Å². The van der Waals surface area contributed by atoms with Crippen LogP contribution in [0, 0.1) is 0 Å². The SMILES string of the molecule is COc1ccccc1Oc1ccc(NC(=O)CCC(=O)N2CCC(c3ccccc3)=N2)cc1. The molecule has 3 aromatic carbocycles. The largest absolute Gasteiger partial charge is 0.493 e. The molecule has 168 valence electrons. The Kier molecular flexibility index (Phi) is 6.99. The quantitative estimate of drug-likeness (QED) is 0.540. The Morgan fingerprint density at radius 2 is 1.61 bits per heavy atom. The second-order valence-corrected chi connectivity index (χ2v) is 7.51. The summed E-state index contributed by atoms with van der Waals surface area (Å²) in [4.78, 5) is 24.8. The standard InChI is InChI=1S/C26H25N3O4/c1-32-23-9-5-6-10-24(23)33-21-13-11-20(12-14-21)27-25(30)15-16-26(31)29-18-17-22(28-29)19-7-3-2-4-8-19/h2-14H,15-18H2,1H3,(H,27,30). The summed E-state index contributed by atoms with van der Waals surface area (Å²) in [5.41, 5.74) is 2.54. The number of hydrogen-bond acceptors (Lipinski definition) is 5. The van der Waals surface area contributed by atoms with Gasteiger partial charge in [0.05, 0.1) is 19.4 Å². The number of methoxy groups -OCH3 is 1. The summed E-state index contributed by atoms with van der Waals surface area (Å²) < 4.78 is 11.1. The van der Waals surface area contributed by atoms with Crippen LogP contribution in [-0.4, -0.2) is 36.2 Å². The average Bonchev–Trinajstić information content (AvgIpc) is 3.35. The predicted molar refractivity (Wildman–Crippen MR) is 127 cm³/mol. The van der Waals surface area contributed by atoms with Crippen molar-refractivity contribution >= 4 is 23.2 Å². The predicted octanol–water partition coefficient (Wildman–Crippen LogP) is 4.84. The monoisotopic (exact) mass is 443 g/mol. The number of benzene rings is 3. The van der Waals surface area contributed by atoms with Crippen molar-refractivity contribution in [3.8, 4) is 17.2 Å². The van der Waals surface area contributed by atoms with Crippen LogP contribution in [0.4, 0.5) is 5.69 Å². The first-order valence-electron chi connectivity index (χ1n) is 10.8. The summed E-state index contributed by atoms with van der Waals surface area (Å²) in [6.45, 7) is 0.540. The van der Waals surface area contributed by atoms with Gasteiger partial charge < -0.3 is 14.8 Å². The third kappa shape index (κ3) is 5.77. The van der Waals surface area contributed by atoms with Gasteiger partial charge in [-0.05, 0) is 42.0 Å². The zero-order valence-electron chi connectivity index (χ0n) is 18.4. The van der Waals surface area contributed by atoms with Crippen molar-refractivity contribution in [2.24, 2.45) is 5.10 Å². The summed E-state index contributed by atoms with van der Waals surface area (Å²) >= 11 is 0. The molecule has 3 aromatic rings. The van der Waals surface area contributed by atoms with Crippen molar-refractivity contribution < 1.29 is 19.1 Å². The Labute approximate surface area is 192 Å². The highest BCUT2D eigenvalue weighted by atomic mass is 16.5. The van der Waals surface area contributed by atoms with Gasteiger partial charge >= 0.3 is 0 Å². The van der Waals surface area contributed by atoms with Gasteiger partial charge in [-0.25, -0.2) is 5.01 Å². The van der Waals surface area contributed by atoms with E-state index in [0.29, 0.717) is 35.9 Å². The third-order valence-electron chi connectivity index (χ3n) is 5.20. The van der Waals surface area contributed by atoms with Crippen LogP contribution in [0.5, 0.6) is 17.2 Å². The molecule has 0 aromatic heterocycles. The van der Waals surface area contributed by atoms with Gasteiger partial charge in [0.15, 0.2) is 11.5 Å². The average molecular weight is 444 g/mol. The minimum Gasteiger partial charge on any atom is -0.493 e. The first-order chi connectivity index (χ1) is 16.1. The number of nitrogens with zero attached hydrogens (tertiary/aromatic N) is 2. The molecule has 33 heavy (non-hydrogen) atoms. The summed E-state index contributed by atoms with van der Waals surface area (Å²) in [6, 6.07) is 24.2. The maximum atomic E-state index is 12.5. The van der Waals surface area contributed by atoms with Crippen LogP contribution < -0.4 is 14.8 Å². The maximum absolute atomic E-state index is 12.5. The molecule has 0 fully saturated rings. The lowest BCUT2D eigenvalue weighted by molar-refractivity contribution is -0.132. The van der Waals surface area contributed by atoms with Crippen LogP contribution in [0.25, 0.3) is 0 Å². The number of hydrogen-bond donors (Lipinski definition) is 1. The van der Waals surface area contributed by atoms with Gasteiger partial charge in [-0.2, -0.15) is 5.10 Å². The summed E-state index contributed by atoms with van der Waals surface area (Å²) in [5.74, 6) is 1.48. The van der Waals surface area contributed by atoms with Crippen molar-refractivity contribution in [2.45, 2.75) is 19.3 Å². The Balaban J connectivity index is 1.26. The lowest BCUT2D eigenvalue weighted by Crippen LogP contribution is -2.24. The molecule has 0 saturated carbocycles. The van der Waals surface area contributed by atoms with Crippen LogP contribution in [0.2, 0.25) is 0 Å². The van der Waals surface area contributed by atoms with Gasteiger partial charge in [-0.3, -0.25) is 9.59 Å². The smallest absolute Gasteiger partial charge is 0.243 e. The molecular weight excluding hydrogens is 418 g/mol. The molecule has 2 amide bonds. The van der Waals surface area contributed by atoms with E-state index in [1.165, 1.54) is 5.01 Å². The fraction of sp³-hybridized carbons (Fsp3) is 0.192. The van der Waals surface area contributed by atoms with Crippen LogP contribution in [0.1, 0.15) is 24.8 Å². The van der Waals surface area contributed by atoms with Crippen LogP contribution >= 0.6 is 0 Å². The van der Waals surface area contributed by atoms with Gasteiger partial charge in [0.25, 0.3) is 0 Å². The van der Waals surface area contributed by atoms with Crippen LogP contribution in [0.15, 0.2) is 84.0 Å². The minimum atomic E-state index is -0.229. The molecule has 0 spiro atoms. The number of ether oxygens (including phenoxy) is 2. The molecule has 1 aliphatic rings. The van der Waals surface area contributed by atoms with E-state index < -0.39 is 0 Å². The van der Waals surface area contributed by atoms with Gasteiger partial charge in [0.2, 0.25) is 11.8 Å². The van der Waals surface area contributed by atoms with E-state index in [4.69, 9.17) is 9.47 Å². The molecule has 0 saturated heterocycles. The van der Waals surface area contributed by atoms with Crippen molar-refractivity contribution in [3.05, 3.63) is 84.4 Å². The molecule has 1 heterocycles. The zero-order chi connectivity index (χ0) is 23.0. The van der Waals surface area contributed by atoms with E-state index >= 15 is 0 Å².